The molecule has 1 saturated heterocycles. The van der Waals surface area contributed by atoms with E-state index in [2.05, 4.69) is 15.6 Å². The van der Waals surface area contributed by atoms with Crippen LogP contribution in [0.15, 0.2) is 18.3 Å². The average Bonchev–Trinajstić information content (AvgIpc) is 2.45. The molecular formula is C13H20N4O2. The van der Waals surface area contributed by atoms with Gasteiger partial charge in [0.2, 0.25) is 0 Å². The first-order valence-electron chi connectivity index (χ1n) is 6.40. The van der Waals surface area contributed by atoms with E-state index < -0.39 is 0 Å². The molecule has 0 radical (unpaired) electrons. The number of nitrogens with zero attached hydrogens (tertiary/aromatic N) is 2. The first-order valence-corrected chi connectivity index (χ1v) is 6.40. The summed E-state index contributed by atoms with van der Waals surface area (Å²) in [5, 5.41) is 6.55. The molecule has 1 amide bonds. The van der Waals surface area contributed by atoms with E-state index in [1.54, 1.807) is 26.4 Å². The standard InChI is InChI=1S/C13H20N4O2/c1-17(2)13(18)12-7-10(3-4-15-12)16-9-11-8-14-5-6-19-11/h3-4,7,11,14H,5-6,8-9H2,1-2H3,(H,15,16). The Morgan fingerprint density at radius 1 is 1.63 bits per heavy atom. The minimum Gasteiger partial charge on any atom is -0.382 e. The minimum atomic E-state index is -0.0979. The third kappa shape index (κ3) is 3.90. The third-order valence-corrected chi connectivity index (χ3v) is 2.92. The van der Waals surface area contributed by atoms with Gasteiger partial charge in [-0.2, -0.15) is 0 Å². The van der Waals surface area contributed by atoms with Crippen LogP contribution in [0.4, 0.5) is 5.69 Å². The summed E-state index contributed by atoms with van der Waals surface area (Å²) in [6, 6.07) is 3.61. The van der Waals surface area contributed by atoms with E-state index >= 15 is 0 Å². The predicted octanol–water partition coefficient (Wildman–Crippen LogP) is 0.184. The minimum absolute atomic E-state index is 0.0979. The Labute approximate surface area is 113 Å². The molecule has 0 bridgehead atoms. The first kappa shape index (κ1) is 13.8. The van der Waals surface area contributed by atoms with E-state index in [0.29, 0.717) is 12.2 Å². The number of aromatic nitrogens is 1. The second kappa shape index (κ2) is 6.49. The molecule has 6 nitrogen and oxygen atoms in total. The second-order valence-corrected chi connectivity index (χ2v) is 4.71. The lowest BCUT2D eigenvalue weighted by atomic mass is 10.2. The van der Waals surface area contributed by atoms with Crippen LogP contribution in [-0.4, -0.2) is 62.2 Å². The molecule has 2 N–H and O–H groups in total. The molecule has 2 rings (SSSR count). The van der Waals surface area contributed by atoms with Crippen LogP contribution in [0.2, 0.25) is 0 Å². The quantitative estimate of drug-likeness (QED) is 0.812. The van der Waals surface area contributed by atoms with Crippen molar-refractivity contribution in [2.24, 2.45) is 0 Å². The Balaban J connectivity index is 1.93. The summed E-state index contributed by atoms with van der Waals surface area (Å²) >= 11 is 0. The molecule has 1 unspecified atom stereocenters. The lowest BCUT2D eigenvalue weighted by Gasteiger charge is -2.24. The second-order valence-electron chi connectivity index (χ2n) is 4.71. The van der Waals surface area contributed by atoms with E-state index in [-0.39, 0.29) is 12.0 Å². The van der Waals surface area contributed by atoms with E-state index in [1.807, 2.05) is 6.07 Å². The normalized spacial score (nSPS) is 18.9. The molecule has 104 valence electrons. The maximum atomic E-state index is 11.8. The molecule has 0 saturated carbocycles. The molecule has 1 aliphatic heterocycles. The van der Waals surface area contributed by atoms with Gasteiger partial charge in [0, 0.05) is 45.6 Å². The molecule has 6 heteroatoms. The first-order chi connectivity index (χ1) is 9.16. The molecule has 2 heterocycles. The fourth-order valence-electron chi connectivity index (χ4n) is 1.87. The van der Waals surface area contributed by atoms with Crippen LogP contribution < -0.4 is 10.6 Å². The highest BCUT2D eigenvalue weighted by molar-refractivity contribution is 5.92. The summed E-state index contributed by atoms with van der Waals surface area (Å²) in [6.07, 6.45) is 1.80. The van der Waals surface area contributed by atoms with Gasteiger partial charge >= 0.3 is 0 Å². The fourth-order valence-corrected chi connectivity index (χ4v) is 1.87. The number of rotatable bonds is 4. The van der Waals surface area contributed by atoms with Crippen molar-refractivity contribution < 1.29 is 9.53 Å². The molecule has 1 aliphatic rings. The van der Waals surface area contributed by atoms with E-state index in [4.69, 9.17) is 4.74 Å². The number of ether oxygens (including phenoxy) is 1. The number of nitrogens with one attached hydrogen (secondary N) is 2. The molecular weight excluding hydrogens is 244 g/mol. The maximum absolute atomic E-state index is 11.8. The van der Waals surface area contributed by atoms with Crippen molar-refractivity contribution in [1.82, 2.24) is 15.2 Å². The van der Waals surface area contributed by atoms with Crippen molar-refractivity contribution in [2.45, 2.75) is 6.10 Å². The molecule has 1 aromatic heterocycles. The van der Waals surface area contributed by atoms with Gasteiger partial charge in [-0.25, -0.2) is 0 Å². The summed E-state index contributed by atoms with van der Waals surface area (Å²) in [5.41, 5.74) is 1.33. The highest BCUT2D eigenvalue weighted by atomic mass is 16.5. The number of anilines is 1. The van der Waals surface area contributed by atoms with Crippen molar-refractivity contribution in [1.29, 1.82) is 0 Å². The Bertz CT molecular complexity index is 430. The van der Waals surface area contributed by atoms with Crippen LogP contribution in [0.1, 0.15) is 10.5 Å². The Morgan fingerprint density at radius 3 is 3.16 bits per heavy atom. The van der Waals surface area contributed by atoms with Crippen LogP contribution in [0.5, 0.6) is 0 Å². The van der Waals surface area contributed by atoms with Crippen LogP contribution in [-0.2, 0) is 4.74 Å². The number of morpholine rings is 1. The number of pyridine rings is 1. The van der Waals surface area contributed by atoms with Gasteiger partial charge in [0.15, 0.2) is 0 Å². The Morgan fingerprint density at radius 2 is 2.47 bits per heavy atom. The SMILES string of the molecule is CN(C)C(=O)c1cc(NCC2CNCCO2)ccn1. The van der Waals surface area contributed by atoms with Crippen molar-refractivity contribution in [2.75, 3.05) is 45.7 Å². The molecule has 0 spiro atoms. The number of carbonyl (C=O) groups is 1. The number of hydrogen-bond acceptors (Lipinski definition) is 5. The zero-order chi connectivity index (χ0) is 13.7. The zero-order valence-corrected chi connectivity index (χ0v) is 11.3. The van der Waals surface area contributed by atoms with Gasteiger partial charge in [-0.1, -0.05) is 0 Å². The summed E-state index contributed by atoms with van der Waals surface area (Å²) in [4.78, 5) is 17.4. The van der Waals surface area contributed by atoms with Gasteiger partial charge < -0.3 is 20.3 Å². The molecule has 1 atom stereocenters. The Kier molecular flexibility index (Phi) is 4.70. The monoisotopic (exact) mass is 264 g/mol. The van der Waals surface area contributed by atoms with Gasteiger partial charge in [0.1, 0.15) is 5.69 Å². The summed E-state index contributed by atoms with van der Waals surface area (Å²) in [5.74, 6) is -0.0979. The highest BCUT2D eigenvalue weighted by Gasteiger charge is 2.14. The summed E-state index contributed by atoms with van der Waals surface area (Å²) in [7, 11) is 3.43. The largest absolute Gasteiger partial charge is 0.382 e. The maximum Gasteiger partial charge on any atom is 0.272 e. The molecule has 1 aromatic rings. The van der Waals surface area contributed by atoms with Gasteiger partial charge in [-0.05, 0) is 12.1 Å². The highest BCUT2D eigenvalue weighted by Crippen LogP contribution is 2.10. The summed E-state index contributed by atoms with van der Waals surface area (Å²) in [6.45, 7) is 3.22. The fraction of sp³-hybridized carbons (Fsp3) is 0.538. The topological polar surface area (TPSA) is 66.5 Å². The van der Waals surface area contributed by atoms with Gasteiger partial charge in [-0.3, -0.25) is 9.78 Å². The van der Waals surface area contributed by atoms with Crippen LogP contribution in [0, 0.1) is 0 Å². The predicted molar refractivity (Wildman–Crippen MR) is 73.4 cm³/mol. The number of amides is 1. The van der Waals surface area contributed by atoms with Crippen molar-refractivity contribution in [3.05, 3.63) is 24.0 Å². The lowest BCUT2D eigenvalue weighted by Crippen LogP contribution is -2.42. The lowest BCUT2D eigenvalue weighted by molar-refractivity contribution is 0.0372. The number of carbonyl (C=O) groups excluding carboxylic acids is 1. The summed E-state index contributed by atoms with van der Waals surface area (Å²) < 4.78 is 5.60. The van der Waals surface area contributed by atoms with Crippen molar-refractivity contribution in [3.63, 3.8) is 0 Å². The smallest absolute Gasteiger partial charge is 0.272 e. The zero-order valence-electron chi connectivity index (χ0n) is 11.3. The van der Waals surface area contributed by atoms with Gasteiger partial charge in [0.05, 0.1) is 12.7 Å². The van der Waals surface area contributed by atoms with Crippen LogP contribution in [0.25, 0.3) is 0 Å². The van der Waals surface area contributed by atoms with Crippen molar-refractivity contribution in [3.8, 4) is 0 Å². The van der Waals surface area contributed by atoms with Gasteiger partial charge in [-0.15, -0.1) is 0 Å². The van der Waals surface area contributed by atoms with E-state index in [1.165, 1.54) is 4.90 Å². The van der Waals surface area contributed by atoms with E-state index in [9.17, 15) is 4.79 Å². The number of hydrogen-bond donors (Lipinski definition) is 2. The van der Waals surface area contributed by atoms with Crippen LogP contribution >= 0.6 is 0 Å². The van der Waals surface area contributed by atoms with Gasteiger partial charge in [0.25, 0.3) is 5.91 Å². The molecule has 19 heavy (non-hydrogen) atoms. The van der Waals surface area contributed by atoms with Crippen LogP contribution in [0.3, 0.4) is 0 Å². The third-order valence-electron chi connectivity index (χ3n) is 2.92. The average molecular weight is 264 g/mol. The van der Waals surface area contributed by atoms with Crippen molar-refractivity contribution >= 4 is 11.6 Å². The Hall–Kier alpha value is -1.66. The molecule has 0 aliphatic carbocycles. The molecule has 1 fully saturated rings. The van der Waals surface area contributed by atoms with E-state index in [0.717, 1.165) is 25.4 Å². The molecule has 0 aromatic carbocycles.